The van der Waals surface area contributed by atoms with E-state index in [1.165, 1.54) is 0 Å². The van der Waals surface area contributed by atoms with Crippen molar-refractivity contribution in [3.8, 4) is 0 Å². The minimum atomic E-state index is -4.57. The maximum Gasteiger partial charge on any atom is 1.00 e. The topological polar surface area (TPSA) is 203 Å². The first-order valence-electron chi connectivity index (χ1n) is 11.2. The van der Waals surface area contributed by atoms with Crippen molar-refractivity contribution in [1.82, 2.24) is 0 Å². The third kappa shape index (κ3) is 32.4. The van der Waals surface area contributed by atoms with Crippen LogP contribution in [0.15, 0.2) is 17.1 Å². The van der Waals surface area contributed by atoms with Crippen LogP contribution in [0.2, 0.25) is 0 Å². The SMILES string of the molecule is O=C([O-])CCCCC[C@H](C/C=C\CCCCCCCC([O-])=NCCOS(=O)(=O)O)OS(=O)(=O)O.[Na+].[Na+]. The van der Waals surface area contributed by atoms with Crippen molar-refractivity contribution in [3.63, 3.8) is 0 Å². The first-order valence-corrected chi connectivity index (χ1v) is 13.9. The summed E-state index contributed by atoms with van der Waals surface area (Å²) in [6.45, 7) is -0.519. The Morgan fingerprint density at radius 3 is 2.03 bits per heavy atom. The van der Waals surface area contributed by atoms with Gasteiger partial charge < -0.3 is 20.0 Å². The summed E-state index contributed by atoms with van der Waals surface area (Å²) in [6.07, 6.45) is 10.5. The molecule has 36 heavy (non-hydrogen) atoms. The van der Waals surface area contributed by atoms with E-state index < -0.39 is 32.9 Å². The van der Waals surface area contributed by atoms with Gasteiger partial charge in [0.2, 0.25) is 0 Å². The molecular weight excluding hydrogens is 540 g/mol. The molecule has 0 unspecified atom stereocenters. The van der Waals surface area contributed by atoms with E-state index >= 15 is 0 Å². The van der Waals surface area contributed by atoms with Gasteiger partial charge in [-0.3, -0.25) is 9.11 Å². The summed E-state index contributed by atoms with van der Waals surface area (Å²) in [4.78, 5) is 14.0. The van der Waals surface area contributed by atoms with Crippen LogP contribution in [0.4, 0.5) is 0 Å². The summed E-state index contributed by atoms with van der Waals surface area (Å²) < 4.78 is 68.6. The average molecular weight is 576 g/mol. The fourth-order valence-corrected chi connectivity index (χ4v) is 3.83. The Balaban J connectivity index is -0.00000544. The number of hydrogen-bond donors (Lipinski definition) is 2. The predicted octanol–water partition coefficient (Wildman–Crippen LogP) is -4.86. The van der Waals surface area contributed by atoms with E-state index in [4.69, 9.17) is 9.11 Å². The molecule has 0 aliphatic rings. The molecule has 0 saturated heterocycles. The van der Waals surface area contributed by atoms with Gasteiger partial charge in [-0.15, -0.1) is 0 Å². The van der Waals surface area contributed by atoms with Gasteiger partial charge in [0.1, 0.15) is 0 Å². The van der Waals surface area contributed by atoms with Crippen LogP contribution >= 0.6 is 0 Å². The monoisotopic (exact) mass is 575 g/mol. The van der Waals surface area contributed by atoms with Gasteiger partial charge in [-0.1, -0.05) is 44.3 Å². The van der Waals surface area contributed by atoms with Crippen LogP contribution in [0, 0.1) is 0 Å². The Morgan fingerprint density at radius 1 is 0.833 bits per heavy atom. The second-order valence-corrected chi connectivity index (χ2v) is 9.80. The van der Waals surface area contributed by atoms with E-state index in [0.29, 0.717) is 38.5 Å². The largest absolute Gasteiger partial charge is 1.00 e. The number of nitrogens with zero attached hydrogens (tertiary/aromatic N) is 1. The predicted molar refractivity (Wildman–Crippen MR) is 120 cm³/mol. The summed E-state index contributed by atoms with van der Waals surface area (Å²) in [5.41, 5.74) is 0. The van der Waals surface area contributed by atoms with Gasteiger partial charge in [-0.25, -0.2) is 8.37 Å². The first-order chi connectivity index (χ1) is 15.9. The number of unbranched alkanes of at least 4 members (excludes halogenated alkanes) is 7. The second-order valence-electron chi connectivity index (χ2n) is 7.66. The Kier molecular flexibility index (Phi) is 27.8. The molecule has 0 saturated carbocycles. The van der Waals surface area contributed by atoms with Crippen molar-refractivity contribution in [2.24, 2.45) is 4.99 Å². The zero-order valence-corrected chi connectivity index (χ0v) is 26.8. The second kappa shape index (κ2) is 24.5. The van der Waals surface area contributed by atoms with E-state index in [1.54, 1.807) is 6.08 Å². The average Bonchev–Trinajstić information content (AvgIpc) is 2.70. The van der Waals surface area contributed by atoms with Crippen molar-refractivity contribution < 1.29 is 108 Å². The molecule has 2 N–H and O–H groups in total. The molecule has 0 bridgehead atoms. The zero-order chi connectivity index (χ0) is 25.9. The molecule has 0 aliphatic carbocycles. The zero-order valence-electron chi connectivity index (χ0n) is 21.2. The number of carboxylic acid groups (broad SMARTS) is 1. The van der Waals surface area contributed by atoms with Crippen LogP contribution in [0.25, 0.3) is 0 Å². The van der Waals surface area contributed by atoms with Crippen LogP contribution in [0.5, 0.6) is 0 Å². The molecule has 0 aliphatic heterocycles. The van der Waals surface area contributed by atoms with Crippen LogP contribution in [0.3, 0.4) is 0 Å². The Labute approximate surface area is 258 Å². The van der Waals surface area contributed by atoms with E-state index in [0.717, 1.165) is 32.1 Å². The Hall–Kier alpha value is 0.420. The van der Waals surface area contributed by atoms with Crippen LogP contribution in [-0.4, -0.2) is 57.1 Å². The van der Waals surface area contributed by atoms with Crippen molar-refractivity contribution in [2.45, 2.75) is 89.6 Å². The van der Waals surface area contributed by atoms with Gasteiger partial charge in [0.15, 0.2) is 0 Å². The molecule has 0 fully saturated rings. The number of carbonyl (C=O) groups excluding carboxylic acids is 1. The molecule has 0 heterocycles. The van der Waals surface area contributed by atoms with Crippen LogP contribution < -0.4 is 69.3 Å². The number of rotatable bonds is 22. The molecule has 0 aromatic carbocycles. The van der Waals surface area contributed by atoms with Crippen LogP contribution in [-0.2, 0) is 34.0 Å². The van der Waals surface area contributed by atoms with Gasteiger partial charge in [0.25, 0.3) is 0 Å². The van der Waals surface area contributed by atoms with E-state index in [-0.39, 0.29) is 91.0 Å². The van der Waals surface area contributed by atoms with E-state index in [9.17, 15) is 31.8 Å². The van der Waals surface area contributed by atoms with Crippen molar-refractivity contribution in [3.05, 3.63) is 12.2 Å². The number of aliphatic carboxylic acids is 1. The summed E-state index contributed by atoms with van der Waals surface area (Å²) >= 11 is 0. The van der Waals surface area contributed by atoms with Gasteiger partial charge in [-0.2, -0.15) is 16.8 Å². The summed E-state index contributed by atoms with van der Waals surface area (Å²) in [7, 11) is -9.08. The molecule has 0 spiro atoms. The molecule has 0 aromatic rings. The third-order valence-corrected chi connectivity index (χ3v) is 5.58. The summed E-state index contributed by atoms with van der Waals surface area (Å²) in [5, 5.41) is 21.9. The number of carbonyl (C=O) groups is 1. The molecule has 12 nitrogen and oxygen atoms in total. The standard InChI is InChI=1S/C20H37NO11S2.2Na/c22-19(21-16-17-31-33(25,26)27)14-10-6-4-2-1-3-5-8-12-18(32-34(28,29)30)13-9-7-11-15-20(23)24;;/h5,8,18H,1-4,6-7,9-17H2,(H,21,22)(H,23,24)(H,25,26,27)(H,28,29,30);;/q;2*+1/p-2/b8-5-;;/t18-;;/m0../s1. The van der Waals surface area contributed by atoms with Gasteiger partial charge in [-0.05, 0) is 57.3 Å². The van der Waals surface area contributed by atoms with Crippen molar-refractivity contribution in [2.75, 3.05) is 13.2 Å². The first kappa shape index (κ1) is 40.9. The summed E-state index contributed by atoms with van der Waals surface area (Å²) in [6, 6.07) is 0. The van der Waals surface area contributed by atoms with E-state index in [2.05, 4.69) is 13.4 Å². The van der Waals surface area contributed by atoms with Crippen molar-refractivity contribution in [1.29, 1.82) is 0 Å². The Morgan fingerprint density at radius 2 is 1.42 bits per heavy atom. The van der Waals surface area contributed by atoms with Gasteiger partial charge in [0.05, 0.1) is 19.3 Å². The molecular formula is C20H35NNa2O11S2. The third-order valence-electron chi connectivity index (χ3n) is 4.60. The molecule has 16 heteroatoms. The molecule has 0 radical (unpaired) electrons. The number of aliphatic imine (C=N–C) groups is 1. The van der Waals surface area contributed by atoms with E-state index in [1.807, 2.05) is 6.08 Å². The molecule has 0 rings (SSSR count). The maximum absolute atomic E-state index is 11.5. The maximum atomic E-state index is 11.5. The molecule has 1 atom stereocenters. The molecule has 0 amide bonds. The Bertz CT molecular complexity index is 835. The minimum Gasteiger partial charge on any atom is -0.862 e. The minimum absolute atomic E-state index is 0. The van der Waals surface area contributed by atoms with Crippen LogP contribution in [0.1, 0.15) is 83.5 Å². The van der Waals surface area contributed by atoms with Gasteiger partial charge >= 0.3 is 79.9 Å². The number of hydrogen-bond acceptors (Lipinski definition) is 10. The molecule has 0 aromatic heterocycles. The normalized spacial score (nSPS) is 13.2. The molecule has 200 valence electrons. The summed E-state index contributed by atoms with van der Waals surface area (Å²) in [5.74, 6) is -1.47. The number of allylic oxidation sites excluding steroid dienone is 1. The fourth-order valence-electron chi connectivity index (χ4n) is 3.02. The number of carboxylic acids is 1. The van der Waals surface area contributed by atoms with Crippen molar-refractivity contribution >= 4 is 32.7 Å². The quantitative estimate of drug-likeness (QED) is 0.0313. The van der Waals surface area contributed by atoms with Gasteiger partial charge in [0, 0.05) is 5.97 Å². The smallest absolute Gasteiger partial charge is 0.862 e. The fraction of sp³-hybridized carbons (Fsp3) is 0.800.